The number of methoxy groups -OCH3 is 1. The number of nitriles is 2. The normalized spacial score (nSPS) is 13.5. The lowest BCUT2D eigenvalue weighted by Gasteiger charge is -2.36. The van der Waals surface area contributed by atoms with Gasteiger partial charge in [-0.15, -0.1) is 0 Å². The van der Waals surface area contributed by atoms with Crippen molar-refractivity contribution in [2.75, 3.05) is 38.2 Å². The van der Waals surface area contributed by atoms with E-state index in [0.29, 0.717) is 48.8 Å². The summed E-state index contributed by atoms with van der Waals surface area (Å²) in [6.45, 7) is 2.73. The number of amides is 1. The Morgan fingerprint density at radius 2 is 1.67 bits per heavy atom. The maximum Gasteiger partial charge on any atom is 0.264 e. The van der Waals surface area contributed by atoms with Crippen LogP contribution in [0.15, 0.2) is 78.4 Å². The van der Waals surface area contributed by atoms with Crippen LogP contribution >= 0.6 is 0 Å². The second-order valence-electron chi connectivity index (χ2n) is 8.25. The molecule has 7 heteroatoms. The lowest BCUT2D eigenvalue weighted by molar-refractivity contribution is -0.126. The molecule has 4 rings (SSSR count). The Labute approximate surface area is 211 Å². The van der Waals surface area contributed by atoms with Gasteiger partial charge in [0, 0.05) is 37.4 Å². The predicted molar refractivity (Wildman–Crippen MR) is 137 cm³/mol. The van der Waals surface area contributed by atoms with Crippen molar-refractivity contribution >= 4 is 17.7 Å². The number of ether oxygens (including phenoxy) is 2. The zero-order valence-corrected chi connectivity index (χ0v) is 20.1. The Morgan fingerprint density at radius 1 is 0.944 bits per heavy atom. The minimum Gasteiger partial charge on any atom is -0.493 e. The third-order valence-electron chi connectivity index (χ3n) is 6.06. The first-order valence-corrected chi connectivity index (χ1v) is 11.6. The summed E-state index contributed by atoms with van der Waals surface area (Å²) in [7, 11) is 1.53. The zero-order chi connectivity index (χ0) is 25.3. The summed E-state index contributed by atoms with van der Waals surface area (Å²) in [5, 5.41) is 19.0. The molecule has 0 aliphatic carbocycles. The van der Waals surface area contributed by atoms with Crippen molar-refractivity contribution < 1.29 is 14.3 Å². The Bertz CT molecular complexity index is 1330. The summed E-state index contributed by atoms with van der Waals surface area (Å²) in [4.78, 5) is 17.0. The molecule has 0 N–H and O–H groups in total. The highest BCUT2D eigenvalue weighted by atomic mass is 16.5. The van der Waals surface area contributed by atoms with Gasteiger partial charge < -0.3 is 19.3 Å². The van der Waals surface area contributed by atoms with Gasteiger partial charge in [0.25, 0.3) is 5.91 Å². The molecule has 3 aromatic carbocycles. The molecule has 1 saturated heterocycles. The monoisotopic (exact) mass is 478 g/mol. The molecule has 3 aromatic rings. The van der Waals surface area contributed by atoms with Crippen molar-refractivity contribution in [2.24, 2.45) is 0 Å². The molecule has 0 saturated carbocycles. The van der Waals surface area contributed by atoms with Gasteiger partial charge in [-0.3, -0.25) is 4.79 Å². The summed E-state index contributed by atoms with van der Waals surface area (Å²) in [5.41, 5.74) is 3.19. The molecule has 1 amide bonds. The van der Waals surface area contributed by atoms with Crippen LogP contribution in [0.25, 0.3) is 6.08 Å². The van der Waals surface area contributed by atoms with Crippen LogP contribution < -0.4 is 14.4 Å². The second kappa shape index (κ2) is 11.6. The van der Waals surface area contributed by atoms with Crippen molar-refractivity contribution in [3.63, 3.8) is 0 Å². The second-order valence-corrected chi connectivity index (χ2v) is 8.25. The molecule has 1 aliphatic heterocycles. The van der Waals surface area contributed by atoms with Crippen molar-refractivity contribution in [3.05, 3.63) is 95.1 Å². The number of para-hydroxylation sites is 1. The van der Waals surface area contributed by atoms with E-state index in [-0.39, 0.29) is 18.1 Å². The number of nitrogens with zero attached hydrogens (tertiary/aromatic N) is 4. The van der Waals surface area contributed by atoms with Gasteiger partial charge in [0.2, 0.25) is 0 Å². The Balaban J connectivity index is 1.43. The highest BCUT2D eigenvalue weighted by Crippen LogP contribution is 2.30. The number of anilines is 1. The van der Waals surface area contributed by atoms with Gasteiger partial charge in [-0.05, 0) is 42.0 Å². The highest BCUT2D eigenvalue weighted by molar-refractivity contribution is 6.01. The van der Waals surface area contributed by atoms with Gasteiger partial charge in [-0.25, -0.2) is 0 Å². The zero-order valence-electron chi connectivity index (χ0n) is 20.1. The molecule has 7 nitrogen and oxygen atoms in total. The average Bonchev–Trinajstić information content (AvgIpc) is 2.95. The van der Waals surface area contributed by atoms with Crippen LogP contribution in [0, 0.1) is 22.7 Å². The molecular formula is C29H26N4O3. The van der Waals surface area contributed by atoms with Crippen LogP contribution in [-0.4, -0.2) is 44.1 Å². The van der Waals surface area contributed by atoms with Gasteiger partial charge >= 0.3 is 0 Å². The number of hydrogen-bond acceptors (Lipinski definition) is 6. The molecule has 0 radical (unpaired) electrons. The predicted octanol–water partition coefficient (Wildman–Crippen LogP) is 4.40. The minimum absolute atomic E-state index is 0.0711. The van der Waals surface area contributed by atoms with E-state index in [9.17, 15) is 15.3 Å². The molecule has 1 aliphatic rings. The largest absolute Gasteiger partial charge is 0.493 e. The van der Waals surface area contributed by atoms with E-state index in [1.165, 1.54) is 7.11 Å². The Hall–Kier alpha value is -4.75. The maximum absolute atomic E-state index is 13.1. The van der Waals surface area contributed by atoms with E-state index in [1.54, 1.807) is 41.3 Å². The van der Waals surface area contributed by atoms with E-state index in [0.717, 1.165) is 11.3 Å². The van der Waals surface area contributed by atoms with Crippen molar-refractivity contribution in [2.45, 2.75) is 6.61 Å². The van der Waals surface area contributed by atoms with Crippen molar-refractivity contribution in [3.8, 4) is 23.6 Å². The third-order valence-corrected chi connectivity index (χ3v) is 6.06. The quantitative estimate of drug-likeness (QED) is 0.369. The number of rotatable bonds is 7. The van der Waals surface area contributed by atoms with E-state index < -0.39 is 0 Å². The van der Waals surface area contributed by atoms with Crippen molar-refractivity contribution in [1.29, 1.82) is 10.5 Å². The first-order valence-electron chi connectivity index (χ1n) is 11.6. The molecule has 0 spiro atoms. The summed E-state index contributed by atoms with van der Waals surface area (Å²) in [6, 6.07) is 26.8. The van der Waals surface area contributed by atoms with E-state index in [2.05, 4.69) is 29.2 Å². The van der Waals surface area contributed by atoms with Gasteiger partial charge in [-0.2, -0.15) is 10.5 Å². The van der Waals surface area contributed by atoms with E-state index >= 15 is 0 Å². The molecule has 0 unspecified atom stereocenters. The van der Waals surface area contributed by atoms with Gasteiger partial charge in [0.05, 0.1) is 18.7 Å². The highest BCUT2D eigenvalue weighted by Gasteiger charge is 2.24. The maximum atomic E-state index is 13.1. The smallest absolute Gasteiger partial charge is 0.264 e. The van der Waals surface area contributed by atoms with Crippen LogP contribution in [0.1, 0.15) is 16.7 Å². The molecule has 180 valence electrons. The topological polar surface area (TPSA) is 89.6 Å². The number of benzene rings is 3. The number of carbonyl (C=O) groups excluding carboxylic acids is 1. The van der Waals surface area contributed by atoms with E-state index in [1.807, 2.05) is 30.3 Å². The molecule has 36 heavy (non-hydrogen) atoms. The van der Waals surface area contributed by atoms with Gasteiger partial charge in [-0.1, -0.05) is 42.5 Å². The molecule has 0 bridgehead atoms. The molecule has 1 heterocycles. The summed E-state index contributed by atoms with van der Waals surface area (Å²) in [6.07, 6.45) is 1.57. The van der Waals surface area contributed by atoms with Gasteiger partial charge in [0.15, 0.2) is 11.5 Å². The SMILES string of the molecule is COc1cc(/C=C(/C#N)C(=O)N2CCN(c3ccccc3)CC2)ccc1OCc1ccccc1C#N. The molecule has 0 atom stereocenters. The lowest BCUT2D eigenvalue weighted by atomic mass is 10.1. The van der Waals surface area contributed by atoms with Gasteiger partial charge in [0.1, 0.15) is 18.2 Å². The van der Waals surface area contributed by atoms with Crippen LogP contribution in [0.2, 0.25) is 0 Å². The Kier molecular flexibility index (Phi) is 7.85. The molecule has 0 aromatic heterocycles. The lowest BCUT2D eigenvalue weighted by Crippen LogP contribution is -2.49. The van der Waals surface area contributed by atoms with E-state index in [4.69, 9.17) is 9.47 Å². The fourth-order valence-corrected chi connectivity index (χ4v) is 4.09. The number of hydrogen-bond donors (Lipinski definition) is 0. The fraction of sp³-hybridized carbons (Fsp3) is 0.207. The minimum atomic E-state index is -0.280. The molecular weight excluding hydrogens is 452 g/mol. The van der Waals surface area contributed by atoms with Crippen LogP contribution in [0.3, 0.4) is 0 Å². The van der Waals surface area contributed by atoms with Crippen molar-refractivity contribution in [1.82, 2.24) is 4.90 Å². The number of carbonyl (C=O) groups is 1. The third kappa shape index (κ3) is 5.65. The molecule has 1 fully saturated rings. The van der Waals surface area contributed by atoms with Crippen LogP contribution in [0.5, 0.6) is 11.5 Å². The first-order chi connectivity index (χ1) is 17.6. The fourth-order valence-electron chi connectivity index (χ4n) is 4.09. The number of piperazine rings is 1. The van der Waals surface area contributed by atoms with Crippen LogP contribution in [0.4, 0.5) is 5.69 Å². The standard InChI is InChI=1S/C29H26N4O3/c1-35-28-18-22(11-12-27(28)36-21-24-8-6-5-7-23(24)19-30)17-25(20-31)29(34)33-15-13-32(14-16-33)26-9-3-2-4-10-26/h2-12,17-18H,13-16,21H2,1H3/b25-17-. The first kappa shape index (κ1) is 24.4. The average molecular weight is 479 g/mol. The van der Waals surface area contributed by atoms with Crippen LogP contribution in [-0.2, 0) is 11.4 Å². The summed E-state index contributed by atoms with van der Waals surface area (Å²) in [5.74, 6) is 0.696. The summed E-state index contributed by atoms with van der Waals surface area (Å²) >= 11 is 0. The summed E-state index contributed by atoms with van der Waals surface area (Å²) < 4.78 is 11.4. The Morgan fingerprint density at radius 3 is 2.36 bits per heavy atom.